The average molecular weight is 253 g/mol. The van der Waals surface area contributed by atoms with Gasteiger partial charge in [-0.25, -0.2) is 0 Å². The first-order valence-electron chi connectivity index (χ1n) is 6.21. The van der Waals surface area contributed by atoms with E-state index in [2.05, 4.69) is 17.4 Å². The van der Waals surface area contributed by atoms with Crippen molar-refractivity contribution in [1.82, 2.24) is 0 Å². The molecule has 1 rings (SSSR count). The van der Waals surface area contributed by atoms with Crippen molar-refractivity contribution in [2.75, 3.05) is 31.7 Å². The molecule has 0 spiro atoms. The molecule has 0 saturated carbocycles. The zero-order valence-electron chi connectivity index (χ0n) is 11.0. The Labute approximate surface area is 107 Å². The zero-order valence-corrected chi connectivity index (χ0v) is 13.0. The molecule has 0 heterocycles. The topological polar surface area (TPSA) is 30.5 Å². The van der Waals surface area contributed by atoms with Crippen molar-refractivity contribution in [2.45, 2.75) is 19.1 Å². The van der Waals surface area contributed by atoms with Crippen LogP contribution in [-0.2, 0) is 9.47 Å². The van der Waals surface area contributed by atoms with E-state index in [1.165, 1.54) is 0 Å². The monoisotopic (exact) mass is 253 g/mol. The number of para-hydroxylation sites is 1. The van der Waals surface area contributed by atoms with E-state index in [0.717, 1.165) is 35.7 Å². The van der Waals surface area contributed by atoms with E-state index < -0.39 is 0 Å². The first-order valence-corrected chi connectivity index (χ1v) is 7.21. The lowest BCUT2D eigenvalue weighted by atomic mass is 10.3. The molecule has 1 aromatic rings. The quantitative estimate of drug-likeness (QED) is 0.707. The second-order valence-corrected chi connectivity index (χ2v) is 6.06. The Kier molecular flexibility index (Phi) is 6.25. The molecule has 0 aromatic heterocycles. The molecule has 1 unspecified atom stereocenters. The van der Waals surface area contributed by atoms with Gasteiger partial charge in [-0.05, 0) is 26.0 Å². The third-order valence-electron chi connectivity index (χ3n) is 2.54. The highest BCUT2D eigenvalue weighted by Gasteiger charge is 2.24. The van der Waals surface area contributed by atoms with Gasteiger partial charge < -0.3 is 14.8 Å². The van der Waals surface area contributed by atoms with Gasteiger partial charge in [0.2, 0.25) is 0 Å². The van der Waals surface area contributed by atoms with Crippen LogP contribution in [-0.4, -0.2) is 41.8 Å². The van der Waals surface area contributed by atoms with Crippen molar-refractivity contribution in [3.63, 3.8) is 0 Å². The SMILES string of the molecule is CCOCC([SiH3])(CNc1ccccc1)OCC. The average Bonchev–Trinajstić information content (AvgIpc) is 2.36. The van der Waals surface area contributed by atoms with Gasteiger partial charge in [-0.15, -0.1) is 0 Å². The van der Waals surface area contributed by atoms with Crippen molar-refractivity contribution in [3.05, 3.63) is 30.3 Å². The standard InChI is InChI=1S/C13H23NO2Si/c1-3-15-11-13(17,16-4-2)10-14-12-8-6-5-7-9-12/h5-9,14H,3-4,10-11H2,1-2,17H3. The Hall–Kier alpha value is -0.843. The van der Waals surface area contributed by atoms with Gasteiger partial charge in [-0.1, -0.05) is 18.2 Å². The van der Waals surface area contributed by atoms with Crippen LogP contribution in [0.1, 0.15) is 13.8 Å². The predicted octanol–water partition coefficient (Wildman–Crippen LogP) is 1.23. The first kappa shape index (κ1) is 14.2. The molecular weight excluding hydrogens is 230 g/mol. The van der Waals surface area contributed by atoms with Crippen molar-refractivity contribution in [3.8, 4) is 0 Å². The summed E-state index contributed by atoms with van der Waals surface area (Å²) in [6.45, 7) is 6.98. The summed E-state index contributed by atoms with van der Waals surface area (Å²) in [7, 11) is 0.943. The summed E-state index contributed by atoms with van der Waals surface area (Å²) in [5.41, 5.74) is 1.13. The van der Waals surface area contributed by atoms with Crippen LogP contribution in [0.25, 0.3) is 0 Å². The zero-order chi connectivity index (χ0) is 12.6. The van der Waals surface area contributed by atoms with Gasteiger partial charge in [0.15, 0.2) is 0 Å². The van der Waals surface area contributed by atoms with Crippen LogP contribution in [0.2, 0.25) is 0 Å². The molecule has 1 N–H and O–H groups in total. The van der Waals surface area contributed by atoms with Gasteiger partial charge in [-0.3, -0.25) is 0 Å². The molecule has 0 saturated heterocycles. The van der Waals surface area contributed by atoms with Crippen LogP contribution in [0, 0.1) is 0 Å². The van der Waals surface area contributed by atoms with E-state index >= 15 is 0 Å². The van der Waals surface area contributed by atoms with Gasteiger partial charge in [-0.2, -0.15) is 0 Å². The predicted molar refractivity (Wildman–Crippen MR) is 75.7 cm³/mol. The number of hydrogen-bond acceptors (Lipinski definition) is 3. The Morgan fingerprint density at radius 1 is 1.18 bits per heavy atom. The second-order valence-electron chi connectivity index (χ2n) is 4.24. The van der Waals surface area contributed by atoms with Gasteiger partial charge in [0, 0.05) is 35.7 Å². The van der Waals surface area contributed by atoms with Crippen molar-refractivity contribution in [1.29, 1.82) is 0 Å². The maximum atomic E-state index is 5.83. The molecule has 0 aliphatic carbocycles. The maximum absolute atomic E-state index is 5.83. The van der Waals surface area contributed by atoms with Crippen molar-refractivity contribution in [2.24, 2.45) is 0 Å². The number of benzene rings is 1. The summed E-state index contributed by atoms with van der Waals surface area (Å²) in [6.07, 6.45) is 0. The van der Waals surface area contributed by atoms with Crippen LogP contribution < -0.4 is 5.32 Å². The molecule has 0 amide bonds. The van der Waals surface area contributed by atoms with Gasteiger partial charge >= 0.3 is 0 Å². The third-order valence-corrected chi connectivity index (χ3v) is 3.48. The fraction of sp³-hybridized carbons (Fsp3) is 0.538. The fourth-order valence-electron chi connectivity index (χ4n) is 1.66. The lowest BCUT2D eigenvalue weighted by Crippen LogP contribution is -2.45. The minimum atomic E-state index is -0.138. The Balaban J connectivity index is 2.48. The van der Waals surface area contributed by atoms with Gasteiger partial charge in [0.05, 0.1) is 11.8 Å². The summed E-state index contributed by atoms with van der Waals surface area (Å²) >= 11 is 0. The highest BCUT2D eigenvalue weighted by molar-refractivity contribution is 6.15. The number of ether oxygens (including phenoxy) is 2. The summed E-state index contributed by atoms with van der Waals surface area (Å²) < 4.78 is 11.3. The van der Waals surface area contributed by atoms with Crippen molar-refractivity contribution < 1.29 is 9.47 Å². The normalized spacial score (nSPS) is 14.5. The fourth-order valence-corrected chi connectivity index (χ4v) is 2.32. The minimum Gasteiger partial charge on any atom is -0.382 e. The van der Waals surface area contributed by atoms with Crippen LogP contribution in [0.3, 0.4) is 0 Å². The van der Waals surface area contributed by atoms with E-state index in [4.69, 9.17) is 9.47 Å². The molecule has 4 heteroatoms. The van der Waals surface area contributed by atoms with E-state index in [1.54, 1.807) is 0 Å². The van der Waals surface area contributed by atoms with E-state index in [0.29, 0.717) is 6.61 Å². The summed E-state index contributed by atoms with van der Waals surface area (Å²) in [4.78, 5) is 0. The third kappa shape index (κ3) is 5.34. The number of rotatable bonds is 8. The summed E-state index contributed by atoms with van der Waals surface area (Å²) in [6, 6.07) is 10.2. The molecule has 17 heavy (non-hydrogen) atoms. The van der Waals surface area contributed by atoms with Crippen LogP contribution in [0.5, 0.6) is 0 Å². The van der Waals surface area contributed by atoms with Crippen LogP contribution in [0.15, 0.2) is 30.3 Å². The maximum Gasteiger partial charge on any atom is 0.0878 e. The molecule has 1 atom stereocenters. The second kappa shape index (κ2) is 7.48. The molecular formula is C13H23NO2Si. The Morgan fingerprint density at radius 3 is 2.47 bits per heavy atom. The van der Waals surface area contributed by atoms with Gasteiger partial charge in [0.25, 0.3) is 0 Å². The molecule has 3 nitrogen and oxygen atoms in total. The number of nitrogens with one attached hydrogen (secondary N) is 1. The molecule has 0 aliphatic heterocycles. The summed E-state index contributed by atoms with van der Waals surface area (Å²) in [5.74, 6) is 0. The first-order chi connectivity index (χ1) is 8.20. The van der Waals surface area contributed by atoms with Crippen molar-refractivity contribution >= 4 is 15.9 Å². The van der Waals surface area contributed by atoms with Gasteiger partial charge in [0.1, 0.15) is 0 Å². The molecule has 0 radical (unpaired) electrons. The highest BCUT2D eigenvalue weighted by atomic mass is 28.1. The molecule has 0 bridgehead atoms. The molecule has 0 aliphatic rings. The Bertz CT molecular complexity index is 308. The number of hydrogen-bond donors (Lipinski definition) is 1. The van der Waals surface area contributed by atoms with Crippen LogP contribution >= 0.6 is 0 Å². The highest BCUT2D eigenvalue weighted by Crippen LogP contribution is 2.11. The van der Waals surface area contributed by atoms with E-state index in [9.17, 15) is 0 Å². The van der Waals surface area contributed by atoms with Crippen LogP contribution in [0.4, 0.5) is 5.69 Å². The smallest absolute Gasteiger partial charge is 0.0878 e. The molecule has 1 aromatic carbocycles. The minimum absolute atomic E-state index is 0.138. The number of anilines is 1. The largest absolute Gasteiger partial charge is 0.382 e. The molecule has 96 valence electrons. The van der Waals surface area contributed by atoms with E-state index in [1.807, 2.05) is 32.0 Å². The lowest BCUT2D eigenvalue weighted by Gasteiger charge is -2.30. The Morgan fingerprint density at radius 2 is 1.88 bits per heavy atom. The molecule has 0 fully saturated rings. The van der Waals surface area contributed by atoms with E-state index in [-0.39, 0.29) is 5.22 Å². The lowest BCUT2D eigenvalue weighted by molar-refractivity contribution is -0.0298. The summed E-state index contributed by atoms with van der Waals surface area (Å²) in [5, 5.41) is 3.27.